The second kappa shape index (κ2) is 7.45. The van der Waals surface area contributed by atoms with E-state index in [0.29, 0.717) is 40.2 Å². The zero-order valence-electron chi connectivity index (χ0n) is 16.7. The summed E-state index contributed by atoms with van der Waals surface area (Å²) in [6, 6.07) is 2.42. The summed E-state index contributed by atoms with van der Waals surface area (Å²) in [5.74, 6) is 1.85. The second-order valence-corrected chi connectivity index (χ2v) is 8.44. The summed E-state index contributed by atoms with van der Waals surface area (Å²) >= 11 is 0. The number of halogens is 2. The maximum absolute atomic E-state index is 12.8. The molecule has 1 aliphatic heterocycles. The number of nitrogens with one attached hydrogen (secondary N) is 3. The van der Waals surface area contributed by atoms with Gasteiger partial charge in [0.2, 0.25) is 11.9 Å². The van der Waals surface area contributed by atoms with Crippen LogP contribution >= 0.6 is 0 Å². The van der Waals surface area contributed by atoms with Gasteiger partial charge in [0.1, 0.15) is 5.82 Å². The fourth-order valence-electron chi connectivity index (χ4n) is 4.29. The van der Waals surface area contributed by atoms with Gasteiger partial charge in [-0.3, -0.25) is 10.9 Å². The third-order valence-electron chi connectivity index (χ3n) is 5.95. The Morgan fingerprint density at radius 3 is 2.76 bits per heavy atom. The molecule has 0 amide bonds. The molecule has 3 heterocycles. The Hall–Kier alpha value is -2.40. The highest BCUT2D eigenvalue weighted by atomic mass is 19.3. The second-order valence-electron chi connectivity index (χ2n) is 8.44. The largest absolute Gasteiger partial charge is 0.368 e. The monoisotopic (exact) mass is 407 g/mol. The molecular formula is C18H27F2N9. The molecule has 0 bridgehead atoms. The van der Waals surface area contributed by atoms with Gasteiger partial charge in [-0.05, 0) is 52.0 Å². The number of rotatable bonds is 5. The fourth-order valence-corrected chi connectivity index (χ4v) is 4.29. The molecule has 0 spiro atoms. The molecule has 1 aliphatic carbocycles. The number of hydrogen-bond acceptors (Lipinski definition) is 8. The number of nitrogens with two attached hydrogens (primary N) is 1. The maximum atomic E-state index is 12.8. The molecule has 4 atom stereocenters. The summed E-state index contributed by atoms with van der Waals surface area (Å²) in [5, 5.41) is 7.12. The molecule has 2 aromatic rings. The Labute approximate surface area is 167 Å². The number of aromatic nitrogens is 5. The SMILES string of the molecule is CC1NNC2CCC(c3nc(N)nc(NC(C)(C)c4ccn(C(F)F)n4)n3)CC12. The normalized spacial score (nSPS) is 27.2. The lowest BCUT2D eigenvalue weighted by molar-refractivity contribution is 0.0558. The van der Waals surface area contributed by atoms with Crippen molar-refractivity contribution < 1.29 is 8.78 Å². The van der Waals surface area contributed by atoms with Crippen LogP contribution in [0.1, 0.15) is 64.0 Å². The number of anilines is 2. The molecule has 1 saturated heterocycles. The first kappa shape index (κ1) is 19.9. The molecule has 9 nitrogen and oxygen atoms in total. The molecule has 2 aliphatic rings. The lowest BCUT2D eigenvalue weighted by atomic mass is 9.76. The highest BCUT2D eigenvalue weighted by Gasteiger charge is 2.39. The third kappa shape index (κ3) is 4.01. The van der Waals surface area contributed by atoms with Crippen molar-refractivity contribution in [2.75, 3.05) is 11.1 Å². The fraction of sp³-hybridized carbons (Fsp3) is 0.667. The molecule has 2 fully saturated rings. The van der Waals surface area contributed by atoms with Gasteiger partial charge in [0, 0.05) is 24.2 Å². The molecule has 4 rings (SSSR count). The smallest absolute Gasteiger partial charge is 0.333 e. The van der Waals surface area contributed by atoms with E-state index in [1.165, 1.54) is 6.20 Å². The van der Waals surface area contributed by atoms with Gasteiger partial charge in [-0.1, -0.05) is 0 Å². The van der Waals surface area contributed by atoms with Gasteiger partial charge in [-0.2, -0.15) is 28.8 Å². The Morgan fingerprint density at radius 1 is 1.24 bits per heavy atom. The number of alkyl halides is 2. The van der Waals surface area contributed by atoms with E-state index in [1.54, 1.807) is 6.07 Å². The van der Waals surface area contributed by atoms with E-state index >= 15 is 0 Å². The van der Waals surface area contributed by atoms with E-state index in [4.69, 9.17) is 5.73 Å². The van der Waals surface area contributed by atoms with Crippen LogP contribution in [-0.4, -0.2) is 36.8 Å². The van der Waals surface area contributed by atoms with Crippen LogP contribution in [0, 0.1) is 5.92 Å². The van der Waals surface area contributed by atoms with E-state index in [-0.39, 0.29) is 11.9 Å². The van der Waals surface area contributed by atoms with Crippen molar-refractivity contribution in [3.05, 3.63) is 23.8 Å². The van der Waals surface area contributed by atoms with Crippen LogP contribution in [0.25, 0.3) is 0 Å². The van der Waals surface area contributed by atoms with E-state index in [1.807, 2.05) is 13.8 Å². The van der Waals surface area contributed by atoms with Crippen molar-refractivity contribution in [3.8, 4) is 0 Å². The van der Waals surface area contributed by atoms with Gasteiger partial charge in [0.25, 0.3) is 0 Å². The quantitative estimate of drug-likeness (QED) is 0.595. The van der Waals surface area contributed by atoms with Gasteiger partial charge >= 0.3 is 6.55 Å². The minimum Gasteiger partial charge on any atom is -0.368 e. The first-order chi connectivity index (χ1) is 13.7. The summed E-state index contributed by atoms with van der Waals surface area (Å²) in [7, 11) is 0. The average Bonchev–Trinajstić information content (AvgIpc) is 3.29. The molecule has 29 heavy (non-hydrogen) atoms. The van der Waals surface area contributed by atoms with Crippen LogP contribution < -0.4 is 21.9 Å². The summed E-state index contributed by atoms with van der Waals surface area (Å²) in [4.78, 5) is 13.2. The predicted molar refractivity (Wildman–Crippen MR) is 104 cm³/mol. The minimum absolute atomic E-state index is 0.143. The molecule has 0 aromatic carbocycles. The molecular weight excluding hydrogens is 380 g/mol. The van der Waals surface area contributed by atoms with Crippen molar-refractivity contribution in [2.24, 2.45) is 5.92 Å². The number of nitrogens with zero attached hydrogens (tertiary/aromatic N) is 5. The summed E-state index contributed by atoms with van der Waals surface area (Å²) < 4.78 is 26.3. The van der Waals surface area contributed by atoms with Gasteiger partial charge < -0.3 is 11.1 Å². The number of fused-ring (bicyclic) bond motifs is 1. The third-order valence-corrected chi connectivity index (χ3v) is 5.95. The zero-order valence-corrected chi connectivity index (χ0v) is 16.7. The topological polar surface area (TPSA) is 119 Å². The lowest BCUT2D eigenvalue weighted by Gasteiger charge is -2.32. The maximum Gasteiger partial charge on any atom is 0.333 e. The van der Waals surface area contributed by atoms with E-state index < -0.39 is 12.1 Å². The van der Waals surface area contributed by atoms with Crippen LogP contribution in [0.2, 0.25) is 0 Å². The number of hydrogen-bond donors (Lipinski definition) is 4. The Kier molecular flexibility index (Phi) is 5.11. The van der Waals surface area contributed by atoms with Crippen LogP contribution in [0.5, 0.6) is 0 Å². The Bertz CT molecular complexity index is 869. The molecule has 11 heteroatoms. The van der Waals surface area contributed by atoms with Gasteiger partial charge in [-0.25, -0.2) is 4.68 Å². The van der Waals surface area contributed by atoms with Crippen LogP contribution in [0.3, 0.4) is 0 Å². The highest BCUT2D eigenvalue weighted by Crippen LogP contribution is 2.38. The van der Waals surface area contributed by atoms with Crippen molar-refractivity contribution in [1.29, 1.82) is 0 Å². The predicted octanol–water partition coefficient (Wildman–Crippen LogP) is 2.14. The van der Waals surface area contributed by atoms with E-state index in [2.05, 4.69) is 43.1 Å². The van der Waals surface area contributed by atoms with Gasteiger partial charge in [-0.15, -0.1) is 0 Å². The molecule has 158 valence electrons. The standard InChI is InChI=1S/C18H27F2N9/c1-9-11-8-10(4-5-12(11)27-26-9)14-22-16(21)24-17(23-14)25-18(2,3)13-6-7-29(28-13)15(19)20/h6-7,9-12,15,26-27H,4-5,8H2,1-3H3,(H3,21,22,23,24,25). The first-order valence-electron chi connectivity index (χ1n) is 9.87. The number of hydrazine groups is 1. The van der Waals surface area contributed by atoms with Crippen molar-refractivity contribution >= 4 is 11.9 Å². The first-order valence-corrected chi connectivity index (χ1v) is 9.87. The van der Waals surface area contributed by atoms with E-state index in [0.717, 1.165) is 19.3 Å². The highest BCUT2D eigenvalue weighted by molar-refractivity contribution is 5.37. The lowest BCUT2D eigenvalue weighted by Crippen LogP contribution is -2.35. The minimum atomic E-state index is -2.68. The Morgan fingerprint density at radius 2 is 2.03 bits per heavy atom. The van der Waals surface area contributed by atoms with Gasteiger partial charge in [0.15, 0.2) is 0 Å². The molecule has 5 N–H and O–H groups in total. The van der Waals surface area contributed by atoms with E-state index in [9.17, 15) is 8.78 Å². The van der Waals surface area contributed by atoms with Crippen LogP contribution in [0.4, 0.5) is 20.7 Å². The summed E-state index contributed by atoms with van der Waals surface area (Å²) in [6.07, 6.45) is 4.22. The molecule has 0 radical (unpaired) electrons. The summed E-state index contributed by atoms with van der Waals surface area (Å²) in [6.45, 7) is 3.15. The molecule has 1 saturated carbocycles. The zero-order chi connectivity index (χ0) is 20.8. The van der Waals surface area contributed by atoms with Crippen LogP contribution in [-0.2, 0) is 5.54 Å². The Balaban J connectivity index is 1.53. The molecule has 2 aromatic heterocycles. The van der Waals surface area contributed by atoms with Crippen molar-refractivity contribution in [2.45, 2.75) is 70.1 Å². The molecule has 4 unspecified atom stereocenters. The van der Waals surface area contributed by atoms with Crippen LogP contribution in [0.15, 0.2) is 12.3 Å². The van der Waals surface area contributed by atoms with Gasteiger partial charge in [0.05, 0.1) is 11.2 Å². The van der Waals surface area contributed by atoms with Crippen molar-refractivity contribution in [3.63, 3.8) is 0 Å². The summed E-state index contributed by atoms with van der Waals surface area (Å²) in [5.41, 5.74) is 12.3. The average molecular weight is 407 g/mol. The van der Waals surface area contributed by atoms with Crippen molar-refractivity contribution in [1.82, 2.24) is 35.6 Å². The number of nitrogen functional groups attached to an aromatic ring is 1.